The third-order valence-corrected chi connectivity index (χ3v) is 5.70. The van der Waals surface area contributed by atoms with E-state index in [2.05, 4.69) is 10.3 Å². The minimum Gasteiger partial charge on any atom is -0.360 e. The van der Waals surface area contributed by atoms with Crippen molar-refractivity contribution in [1.29, 1.82) is 0 Å². The van der Waals surface area contributed by atoms with Crippen LogP contribution in [0.4, 0.5) is 0 Å². The third kappa shape index (κ3) is 2.88. The summed E-state index contributed by atoms with van der Waals surface area (Å²) in [7, 11) is 0. The summed E-state index contributed by atoms with van der Waals surface area (Å²) < 4.78 is 0. The van der Waals surface area contributed by atoms with Gasteiger partial charge in [-0.15, -0.1) is 0 Å². The number of nitrogens with two attached hydrogens (primary N) is 1. The molecule has 0 bridgehead atoms. The van der Waals surface area contributed by atoms with Crippen LogP contribution in [0.1, 0.15) is 23.2 Å². The smallest absolute Gasteiger partial charge is 0.257 e. The number of hydrogen-bond acceptors (Lipinski definition) is 4. The monoisotopic (exact) mass is 354 g/mol. The number of nitrogens with zero attached hydrogens (tertiary/aromatic N) is 1. The van der Waals surface area contributed by atoms with E-state index < -0.39 is 5.91 Å². The first-order valence-corrected chi connectivity index (χ1v) is 8.96. The zero-order chi connectivity index (χ0) is 18.3. The molecule has 2 amide bonds. The van der Waals surface area contributed by atoms with Crippen LogP contribution in [0.5, 0.6) is 0 Å². The summed E-state index contributed by atoms with van der Waals surface area (Å²) in [5, 5.41) is 3.03. The number of amides is 2. The van der Waals surface area contributed by atoms with Gasteiger partial charge in [0.2, 0.25) is 11.3 Å². The van der Waals surface area contributed by atoms with Crippen molar-refractivity contribution in [2.24, 2.45) is 17.6 Å². The van der Waals surface area contributed by atoms with Gasteiger partial charge in [-0.1, -0.05) is 12.1 Å². The molecule has 2 fully saturated rings. The molecule has 1 saturated carbocycles. The molecule has 4 N–H and O–H groups in total. The fraction of sp³-hybridized carbons (Fsp3) is 0.421. The molecule has 0 radical (unpaired) electrons. The third-order valence-electron chi connectivity index (χ3n) is 5.70. The summed E-state index contributed by atoms with van der Waals surface area (Å²) in [6.07, 6.45) is 3.48. The van der Waals surface area contributed by atoms with Gasteiger partial charge in [0.05, 0.1) is 6.54 Å². The van der Waals surface area contributed by atoms with E-state index in [-0.39, 0.29) is 29.5 Å². The molecule has 7 nitrogen and oxygen atoms in total. The van der Waals surface area contributed by atoms with Crippen molar-refractivity contribution in [3.63, 3.8) is 0 Å². The molecule has 1 aromatic heterocycles. The molecular weight excluding hydrogens is 332 g/mol. The Hall–Kier alpha value is -2.67. The van der Waals surface area contributed by atoms with Gasteiger partial charge in [-0.2, -0.15) is 0 Å². The zero-order valence-electron chi connectivity index (χ0n) is 14.4. The second-order valence-corrected chi connectivity index (χ2v) is 7.22. The molecule has 2 aromatic rings. The number of rotatable bonds is 3. The predicted octanol–water partition coefficient (Wildman–Crippen LogP) is 0.454. The fourth-order valence-corrected chi connectivity index (χ4v) is 4.21. The molecule has 26 heavy (non-hydrogen) atoms. The maximum Gasteiger partial charge on any atom is 0.257 e. The number of fused-ring (bicyclic) bond motifs is 2. The standard InChI is InChI=1S/C19H22N4O3/c20-15-6-5-11-9-23(10-14(11)15)17(24)8-22-19(26)13-7-21-16-4-2-1-3-12(16)18(13)25/h1-4,7,11,14-15H,5-6,8-10,20H2,(H,21,25)(H,22,26). The van der Waals surface area contributed by atoms with Gasteiger partial charge in [0.1, 0.15) is 5.56 Å². The van der Waals surface area contributed by atoms with Crippen LogP contribution in [0.2, 0.25) is 0 Å². The highest BCUT2D eigenvalue weighted by Gasteiger charge is 2.42. The highest BCUT2D eigenvalue weighted by molar-refractivity contribution is 5.98. The Bertz CT molecular complexity index is 922. The first-order valence-electron chi connectivity index (χ1n) is 8.96. The van der Waals surface area contributed by atoms with Gasteiger partial charge in [-0.05, 0) is 36.8 Å². The quantitative estimate of drug-likeness (QED) is 0.744. The molecule has 0 spiro atoms. The molecule has 7 heteroatoms. The molecule has 3 atom stereocenters. The molecule has 2 aliphatic rings. The van der Waals surface area contributed by atoms with Crippen molar-refractivity contribution < 1.29 is 9.59 Å². The van der Waals surface area contributed by atoms with Gasteiger partial charge >= 0.3 is 0 Å². The van der Waals surface area contributed by atoms with Crippen molar-refractivity contribution in [2.45, 2.75) is 18.9 Å². The van der Waals surface area contributed by atoms with Crippen LogP contribution in [0.15, 0.2) is 35.3 Å². The Morgan fingerprint density at radius 2 is 2.04 bits per heavy atom. The van der Waals surface area contributed by atoms with Crippen LogP contribution >= 0.6 is 0 Å². The number of hydrogen-bond donors (Lipinski definition) is 3. The lowest BCUT2D eigenvalue weighted by molar-refractivity contribution is -0.129. The van der Waals surface area contributed by atoms with Crippen LogP contribution in [0, 0.1) is 11.8 Å². The number of aromatic amines is 1. The molecule has 136 valence electrons. The van der Waals surface area contributed by atoms with E-state index >= 15 is 0 Å². The molecule has 1 saturated heterocycles. The van der Waals surface area contributed by atoms with Gasteiger partial charge in [-0.25, -0.2) is 0 Å². The van der Waals surface area contributed by atoms with E-state index in [1.807, 2.05) is 6.07 Å². The molecule has 3 unspecified atom stereocenters. The number of nitrogens with one attached hydrogen (secondary N) is 2. The van der Waals surface area contributed by atoms with Crippen molar-refractivity contribution in [3.8, 4) is 0 Å². The normalized spacial score (nSPS) is 24.7. The second kappa shape index (κ2) is 6.57. The van der Waals surface area contributed by atoms with Crippen LogP contribution < -0.4 is 16.5 Å². The number of carbonyl (C=O) groups excluding carboxylic acids is 2. The zero-order valence-corrected chi connectivity index (χ0v) is 14.4. The number of pyridine rings is 1. The molecule has 2 heterocycles. The van der Waals surface area contributed by atoms with E-state index in [1.165, 1.54) is 6.20 Å². The highest BCUT2D eigenvalue weighted by Crippen LogP contribution is 2.36. The summed E-state index contributed by atoms with van der Waals surface area (Å²) >= 11 is 0. The van der Waals surface area contributed by atoms with Gasteiger partial charge < -0.3 is 20.9 Å². The fourth-order valence-electron chi connectivity index (χ4n) is 4.21. The van der Waals surface area contributed by atoms with Gasteiger partial charge in [0.25, 0.3) is 5.91 Å². The van der Waals surface area contributed by atoms with Crippen LogP contribution in [-0.2, 0) is 4.79 Å². The highest BCUT2D eigenvalue weighted by atomic mass is 16.2. The Labute approximate surface area is 150 Å². The van der Waals surface area contributed by atoms with E-state index in [0.717, 1.165) is 12.8 Å². The topological polar surface area (TPSA) is 108 Å². The van der Waals surface area contributed by atoms with E-state index in [4.69, 9.17) is 5.73 Å². The van der Waals surface area contributed by atoms with Gasteiger partial charge in [-0.3, -0.25) is 14.4 Å². The van der Waals surface area contributed by atoms with E-state index in [9.17, 15) is 14.4 Å². The van der Waals surface area contributed by atoms with E-state index in [0.29, 0.717) is 35.8 Å². The maximum absolute atomic E-state index is 12.4. The number of carbonyl (C=O) groups is 2. The van der Waals surface area contributed by atoms with Crippen molar-refractivity contribution in [1.82, 2.24) is 15.2 Å². The Kier molecular flexibility index (Phi) is 4.24. The SMILES string of the molecule is NC1CCC2CN(C(=O)CNC(=O)c3c[nH]c4ccccc4c3=O)CC12. The lowest BCUT2D eigenvalue weighted by atomic mass is 9.98. The summed E-state index contributed by atoms with van der Waals surface area (Å²) in [6.45, 7) is 1.26. The minimum absolute atomic E-state index is 0.0109. The number of para-hydroxylation sites is 1. The van der Waals surface area contributed by atoms with Crippen LogP contribution in [-0.4, -0.2) is 47.4 Å². The summed E-state index contributed by atoms with van der Waals surface area (Å²) in [5.74, 6) is 0.185. The second-order valence-electron chi connectivity index (χ2n) is 7.22. The first-order chi connectivity index (χ1) is 12.5. The lowest BCUT2D eigenvalue weighted by Crippen LogP contribution is -2.41. The summed E-state index contributed by atoms with van der Waals surface area (Å²) in [5.41, 5.74) is 6.44. The predicted molar refractivity (Wildman–Crippen MR) is 97.7 cm³/mol. The molecule has 4 rings (SSSR count). The largest absolute Gasteiger partial charge is 0.360 e. The van der Waals surface area contributed by atoms with E-state index in [1.54, 1.807) is 23.1 Å². The van der Waals surface area contributed by atoms with Crippen molar-refractivity contribution in [3.05, 3.63) is 46.2 Å². The first kappa shape index (κ1) is 16.8. The molecule has 1 aliphatic carbocycles. The number of likely N-dealkylation sites (tertiary alicyclic amines) is 1. The number of aromatic nitrogens is 1. The van der Waals surface area contributed by atoms with Crippen LogP contribution in [0.25, 0.3) is 10.9 Å². The van der Waals surface area contributed by atoms with Gasteiger partial charge in [0.15, 0.2) is 0 Å². The summed E-state index contributed by atoms with van der Waals surface area (Å²) in [6, 6.07) is 7.17. The average molecular weight is 354 g/mol. The Morgan fingerprint density at radius 3 is 2.85 bits per heavy atom. The van der Waals surface area contributed by atoms with Crippen molar-refractivity contribution >= 4 is 22.7 Å². The molecule has 1 aliphatic heterocycles. The van der Waals surface area contributed by atoms with Crippen molar-refractivity contribution in [2.75, 3.05) is 19.6 Å². The minimum atomic E-state index is -0.540. The number of H-pyrrole nitrogens is 1. The molecular formula is C19H22N4O3. The Balaban J connectivity index is 1.41. The lowest BCUT2D eigenvalue weighted by Gasteiger charge is -2.19. The van der Waals surface area contributed by atoms with Crippen LogP contribution in [0.3, 0.4) is 0 Å². The number of benzene rings is 1. The molecule has 1 aromatic carbocycles. The Morgan fingerprint density at radius 1 is 1.23 bits per heavy atom. The summed E-state index contributed by atoms with van der Waals surface area (Å²) in [4.78, 5) is 41.9. The maximum atomic E-state index is 12.4. The average Bonchev–Trinajstić information content (AvgIpc) is 3.22. The van der Waals surface area contributed by atoms with Gasteiger partial charge in [0, 0.05) is 36.2 Å².